The number of carbonyl (C=O) groups is 4. The number of nitrogens with one attached hydrogen (secondary N) is 2. The Morgan fingerprint density at radius 2 is 1.83 bits per heavy atom. The average molecular weight is 432 g/mol. The van der Waals surface area contributed by atoms with E-state index in [-0.39, 0.29) is 55.9 Å². The van der Waals surface area contributed by atoms with Gasteiger partial charge in [-0.1, -0.05) is 12.1 Å². The van der Waals surface area contributed by atoms with Crippen molar-refractivity contribution in [1.82, 2.24) is 10.2 Å². The number of hydrogen-bond donors (Lipinski definition) is 2. The summed E-state index contributed by atoms with van der Waals surface area (Å²) in [7, 11) is 3.06. The van der Waals surface area contributed by atoms with Gasteiger partial charge in [-0.3, -0.25) is 19.2 Å². The van der Waals surface area contributed by atoms with Crippen molar-refractivity contribution in [3.05, 3.63) is 46.7 Å². The molecular formula is C21H25N3O5S. The monoisotopic (exact) mass is 431 g/mol. The summed E-state index contributed by atoms with van der Waals surface area (Å²) in [5.41, 5.74) is 0.574. The summed E-state index contributed by atoms with van der Waals surface area (Å²) in [5.74, 6) is -0.352. The van der Waals surface area contributed by atoms with Gasteiger partial charge in [0.2, 0.25) is 17.7 Å². The van der Waals surface area contributed by atoms with E-state index in [0.717, 1.165) is 0 Å². The number of methoxy groups -OCH3 is 1. The van der Waals surface area contributed by atoms with Crippen LogP contribution in [0.15, 0.2) is 41.8 Å². The molecule has 0 aliphatic heterocycles. The Hall–Kier alpha value is -3.20. The van der Waals surface area contributed by atoms with Gasteiger partial charge in [-0.05, 0) is 23.6 Å². The Morgan fingerprint density at radius 1 is 1.03 bits per heavy atom. The third kappa shape index (κ3) is 7.67. The van der Waals surface area contributed by atoms with Crippen LogP contribution in [-0.2, 0) is 14.4 Å². The first-order chi connectivity index (χ1) is 14.4. The zero-order valence-corrected chi connectivity index (χ0v) is 17.8. The smallest absolute Gasteiger partial charge is 0.243 e. The number of rotatable bonds is 11. The lowest BCUT2D eigenvalue weighted by atomic mass is 10.2. The highest BCUT2D eigenvalue weighted by atomic mass is 32.1. The number of anilines is 1. The highest BCUT2D eigenvalue weighted by Crippen LogP contribution is 2.16. The maximum Gasteiger partial charge on any atom is 0.243 e. The third-order valence-electron chi connectivity index (χ3n) is 4.20. The molecule has 0 atom stereocenters. The first-order valence-electron chi connectivity index (χ1n) is 9.40. The van der Waals surface area contributed by atoms with Crippen molar-refractivity contribution in [3.8, 4) is 5.75 Å². The molecule has 1 aromatic carbocycles. The topological polar surface area (TPSA) is 105 Å². The SMILES string of the molecule is COc1cccc(NC(=O)CN(C)C(=O)CCNC(=O)CCC(=O)c2cccs2)c1. The number of ketones is 1. The molecule has 2 rings (SSSR count). The second kappa shape index (κ2) is 11.7. The van der Waals surface area contributed by atoms with E-state index < -0.39 is 0 Å². The average Bonchev–Trinajstić information content (AvgIpc) is 3.27. The first kappa shape index (κ1) is 23.1. The number of amides is 3. The van der Waals surface area contributed by atoms with Crippen molar-refractivity contribution >= 4 is 40.5 Å². The van der Waals surface area contributed by atoms with Crippen LogP contribution in [0.1, 0.15) is 28.9 Å². The molecular weight excluding hydrogens is 406 g/mol. The fourth-order valence-electron chi connectivity index (χ4n) is 2.58. The van der Waals surface area contributed by atoms with Crippen LogP contribution in [-0.4, -0.2) is 55.7 Å². The lowest BCUT2D eigenvalue weighted by Crippen LogP contribution is -2.37. The Morgan fingerprint density at radius 3 is 2.53 bits per heavy atom. The molecule has 1 heterocycles. The second-order valence-electron chi connectivity index (χ2n) is 6.53. The maximum absolute atomic E-state index is 12.2. The van der Waals surface area contributed by atoms with Gasteiger partial charge in [-0.15, -0.1) is 11.3 Å². The van der Waals surface area contributed by atoms with E-state index in [1.54, 1.807) is 36.4 Å². The molecule has 160 valence electrons. The van der Waals surface area contributed by atoms with E-state index in [4.69, 9.17) is 4.74 Å². The number of ether oxygens (including phenoxy) is 1. The van der Waals surface area contributed by atoms with Crippen molar-refractivity contribution in [1.29, 1.82) is 0 Å². The fourth-order valence-corrected chi connectivity index (χ4v) is 3.27. The Labute approximate surface area is 179 Å². The van der Waals surface area contributed by atoms with E-state index in [1.807, 2.05) is 5.38 Å². The van der Waals surface area contributed by atoms with Crippen molar-refractivity contribution in [2.45, 2.75) is 19.3 Å². The normalized spacial score (nSPS) is 10.2. The number of nitrogens with zero attached hydrogens (tertiary/aromatic N) is 1. The minimum Gasteiger partial charge on any atom is -0.497 e. The van der Waals surface area contributed by atoms with Gasteiger partial charge in [0.1, 0.15) is 5.75 Å². The summed E-state index contributed by atoms with van der Waals surface area (Å²) in [6.07, 6.45) is 0.266. The Balaban J connectivity index is 1.65. The zero-order chi connectivity index (χ0) is 21.9. The lowest BCUT2D eigenvalue weighted by molar-refractivity contribution is -0.133. The summed E-state index contributed by atoms with van der Waals surface area (Å²) in [6, 6.07) is 10.4. The molecule has 0 saturated carbocycles. The number of carbonyl (C=O) groups excluding carboxylic acids is 4. The molecule has 0 unspecified atom stereocenters. The fraction of sp³-hybridized carbons (Fsp3) is 0.333. The minimum atomic E-state index is -0.338. The van der Waals surface area contributed by atoms with Crippen LogP contribution in [0, 0.1) is 0 Å². The number of Topliss-reactive ketones (excluding diaryl/α,β-unsaturated/α-hetero) is 1. The molecule has 1 aromatic heterocycles. The van der Waals surface area contributed by atoms with Crippen LogP contribution < -0.4 is 15.4 Å². The van der Waals surface area contributed by atoms with Gasteiger partial charge in [-0.2, -0.15) is 0 Å². The lowest BCUT2D eigenvalue weighted by Gasteiger charge is -2.17. The molecule has 9 heteroatoms. The maximum atomic E-state index is 12.2. The van der Waals surface area contributed by atoms with E-state index in [1.165, 1.54) is 30.4 Å². The highest BCUT2D eigenvalue weighted by Gasteiger charge is 2.14. The van der Waals surface area contributed by atoms with Crippen molar-refractivity contribution < 1.29 is 23.9 Å². The molecule has 0 bridgehead atoms. The molecule has 3 amide bonds. The number of benzene rings is 1. The van der Waals surface area contributed by atoms with Crippen molar-refractivity contribution in [2.24, 2.45) is 0 Å². The third-order valence-corrected chi connectivity index (χ3v) is 5.11. The summed E-state index contributed by atoms with van der Waals surface area (Å²) < 4.78 is 5.10. The molecule has 2 aromatic rings. The van der Waals surface area contributed by atoms with Gasteiger partial charge in [0.15, 0.2) is 5.78 Å². The molecule has 2 N–H and O–H groups in total. The van der Waals surface area contributed by atoms with Gasteiger partial charge in [0.05, 0.1) is 18.5 Å². The molecule has 30 heavy (non-hydrogen) atoms. The van der Waals surface area contributed by atoms with E-state index in [0.29, 0.717) is 16.3 Å². The van der Waals surface area contributed by atoms with Crippen molar-refractivity contribution in [2.75, 3.05) is 32.6 Å². The van der Waals surface area contributed by atoms with Crippen LogP contribution in [0.25, 0.3) is 0 Å². The summed E-state index contributed by atoms with van der Waals surface area (Å²) in [4.78, 5) is 49.9. The van der Waals surface area contributed by atoms with Gasteiger partial charge < -0.3 is 20.3 Å². The number of thiophene rings is 1. The van der Waals surface area contributed by atoms with Crippen LogP contribution >= 0.6 is 11.3 Å². The van der Waals surface area contributed by atoms with E-state index >= 15 is 0 Å². The second-order valence-corrected chi connectivity index (χ2v) is 7.48. The van der Waals surface area contributed by atoms with Gasteiger partial charge >= 0.3 is 0 Å². The van der Waals surface area contributed by atoms with E-state index in [9.17, 15) is 19.2 Å². The standard InChI is InChI=1S/C21H25N3O5S/c1-24(14-20(27)23-15-5-3-6-16(13-15)29-2)21(28)10-11-22-19(26)9-8-17(25)18-7-4-12-30-18/h3-7,12-13H,8-11,14H2,1-2H3,(H,22,26)(H,23,27). The summed E-state index contributed by atoms with van der Waals surface area (Å²) >= 11 is 1.34. The number of likely N-dealkylation sites (N-methyl/N-ethyl adjacent to an activating group) is 1. The predicted molar refractivity (Wildman–Crippen MR) is 115 cm³/mol. The van der Waals surface area contributed by atoms with Crippen LogP contribution in [0.3, 0.4) is 0 Å². The molecule has 0 aliphatic rings. The quantitative estimate of drug-likeness (QED) is 0.531. The molecule has 0 fully saturated rings. The molecule has 0 aliphatic carbocycles. The summed E-state index contributed by atoms with van der Waals surface area (Å²) in [5, 5.41) is 7.14. The summed E-state index contributed by atoms with van der Waals surface area (Å²) in [6.45, 7) is 0.0337. The van der Waals surface area contributed by atoms with Crippen LogP contribution in [0.5, 0.6) is 5.75 Å². The van der Waals surface area contributed by atoms with Gasteiger partial charge in [0.25, 0.3) is 0 Å². The molecule has 8 nitrogen and oxygen atoms in total. The van der Waals surface area contributed by atoms with Crippen molar-refractivity contribution in [3.63, 3.8) is 0 Å². The van der Waals surface area contributed by atoms with Gasteiger partial charge in [0, 0.05) is 44.6 Å². The minimum absolute atomic E-state index is 0.0630. The zero-order valence-electron chi connectivity index (χ0n) is 17.0. The molecule has 0 spiro atoms. The Bertz CT molecular complexity index is 883. The van der Waals surface area contributed by atoms with Gasteiger partial charge in [-0.25, -0.2) is 0 Å². The molecule has 0 radical (unpaired) electrons. The van der Waals surface area contributed by atoms with E-state index in [2.05, 4.69) is 10.6 Å². The predicted octanol–water partition coefficient (Wildman–Crippen LogP) is 2.32. The van der Waals surface area contributed by atoms with Crippen LogP contribution in [0.2, 0.25) is 0 Å². The number of hydrogen-bond acceptors (Lipinski definition) is 6. The van der Waals surface area contributed by atoms with Crippen LogP contribution in [0.4, 0.5) is 5.69 Å². The Kier molecular flexibility index (Phi) is 9.02. The molecule has 0 saturated heterocycles. The first-order valence-corrected chi connectivity index (χ1v) is 10.3. The largest absolute Gasteiger partial charge is 0.497 e. The highest BCUT2D eigenvalue weighted by molar-refractivity contribution is 7.12.